The van der Waals surface area contributed by atoms with Crippen molar-refractivity contribution in [1.29, 1.82) is 0 Å². The molecule has 1 aromatic rings. The summed E-state index contributed by atoms with van der Waals surface area (Å²) < 4.78 is 2.02. The van der Waals surface area contributed by atoms with Gasteiger partial charge in [0, 0.05) is 47.9 Å². The predicted octanol–water partition coefficient (Wildman–Crippen LogP) is 2.29. The van der Waals surface area contributed by atoms with Crippen molar-refractivity contribution in [2.45, 2.75) is 51.1 Å². The van der Waals surface area contributed by atoms with E-state index in [2.05, 4.69) is 55.7 Å². The summed E-state index contributed by atoms with van der Waals surface area (Å²) in [7, 11) is 0. The minimum Gasteiger partial charge on any atom is -0.329 e. The fourth-order valence-corrected chi connectivity index (χ4v) is 3.79. The Bertz CT molecular complexity index is 404. The Kier molecular flexibility index (Phi) is 4.92. The molecule has 1 saturated heterocycles. The van der Waals surface area contributed by atoms with E-state index in [-0.39, 0.29) is 0 Å². The molecule has 0 aliphatic carbocycles. The van der Waals surface area contributed by atoms with E-state index in [1.54, 1.807) is 0 Å². The second kappa shape index (κ2) is 6.29. The largest absolute Gasteiger partial charge is 0.329 e. The average Bonchev–Trinajstić information content (AvgIpc) is 2.85. The first-order valence-electron chi connectivity index (χ1n) is 7.16. The molecule has 0 bridgehead atoms. The summed E-state index contributed by atoms with van der Waals surface area (Å²) in [6, 6.07) is 1.26. The highest BCUT2D eigenvalue weighted by Crippen LogP contribution is 2.31. The molecular formula is C14H26N4S. The van der Waals surface area contributed by atoms with Gasteiger partial charge in [-0.1, -0.05) is 6.92 Å². The number of nitrogens with zero attached hydrogens (tertiary/aromatic N) is 3. The van der Waals surface area contributed by atoms with Crippen LogP contribution >= 0.6 is 11.8 Å². The van der Waals surface area contributed by atoms with Crippen LogP contribution in [0.2, 0.25) is 0 Å². The third kappa shape index (κ3) is 3.15. The third-order valence-corrected chi connectivity index (χ3v) is 5.43. The van der Waals surface area contributed by atoms with Gasteiger partial charge in [0.25, 0.3) is 0 Å². The summed E-state index contributed by atoms with van der Waals surface area (Å²) in [6.45, 7) is 10.7. The topological polar surface area (TPSA) is 47.1 Å². The SMILES string of the molecule is CC1SCCN(C(CN)c2cnn(C(C)C)c2)C1C. The molecule has 2 N–H and O–H groups in total. The van der Waals surface area contributed by atoms with E-state index in [1.165, 1.54) is 11.3 Å². The maximum atomic E-state index is 6.04. The molecule has 0 amide bonds. The van der Waals surface area contributed by atoms with Gasteiger partial charge < -0.3 is 5.73 Å². The molecule has 0 spiro atoms. The molecule has 3 atom stereocenters. The van der Waals surface area contributed by atoms with E-state index in [4.69, 9.17) is 5.73 Å². The molecule has 1 aromatic heterocycles. The summed E-state index contributed by atoms with van der Waals surface area (Å²) in [5.74, 6) is 1.19. The molecule has 1 aliphatic rings. The fraction of sp³-hybridized carbons (Fsp3) is 0.786. The van der Waals surface area contributed by atoms with E-state index in [0.29, 0.717) is 29.9 Å². The molecule has 2 heterocycles. The van der Waals surface area contributed by atoms with Crippen molar-refractivity contribution >= 4 is 11.8 Å². The number of thioether (sulfide) groups is 1. The van der Waals surface area contributed by atoms with Gasteiger partial charge in [-0.3, -0.25) is 9.58 Å². The van der Waals surface area contributed by atoms with Gasteiger partial charge in [0.05, 0.1) is 12.2 Å². The fourth-order valence-electron chi connectivity index (χ4n) is 2.67. The zero-order valence-electron chi connectivity index (χ0n) is 12.4. The zero-order chi connectivity index (χ0) is 14.0. The second-order valence-corrected chi connectivity index (χ2v) is 7.14. The van der Waals surface area contributed by atoms with Crippen LogP contribution in [0.15, 0.2) is 12.4 Å². The monoisotopic (exact) mass is 282 g/mol. The summed E-state index contributed by atoms with van der Waals surface area (Å²) in [4.78, 5) is 2.54. The summed E-state index contributed by atoms with van der Waals surface area (Å²) in [6.07, 6.45) is 4.14. The molecule has 0 radical (unpaired) electrons. The van der Waals surface area contributed by atoms with Crippen LogP contribution in [0.1, 0.15) is 45.3 Å². The first-order valence-corrected chi connectivity index (χ1v) is 8.21. The normalized spacial score (nSPS) is 26.8. The molecule has 108 valence electrons. The Morgan fingerprint density at radius 2 is 2.21 bits per heavy atom. The lowest BCUT2D eigenvalue weighted by Crippen LogP contribution is -2.48. The molecule has 0 saturated carbocycles. The lowest BCUT2D eigenvalue weighted by molar-refractivity contribution is 0.150. The predicted molar refractivity (Wildman–Crippen MR) is 82.5 cm³/mol. The number of nitrogens with two attached hydrogens (primary N) is 1. The minimum atomic E-state index is 0.297. The molecular weight excluding hydrogens is 256 g/mol. The van der Waals surface area contributed by atoms with E-state index < -0.39 is 0 Å². The van der Waals surface area contributed by atoms with Crippen molar-refractivity contribution in [3.8, 4) is 0 Å². The van der Waals surface area contributed by atoms with E-state index in [0.717, 1.165) is 6.54 Å². The van der Waals surface area contributed by atoms with E-state index in [1.807, 2.05) is 10.9 Å². The number of rotatable bonds is 4. The van der Waals surface area contributed by atoms with Crippen molar-refractivity contribution in [3.63, 3.8) is 0 Å². The molecule has 1 fully saturated rings. The molecule has 4 nitrogen and oxygen atoms in total. The first kappa shape index (κ1) is 14.9. The second-order valence-electron chi connectivity index (χ2n) is 5.65. The highest BCUT2D eigenvalue weighted by molar-refractivity contribution is 8.00. The van der Waals surface area contributed by atoms with Crippen molar-refractivity contribution < 1.29 is 0 Å². The lowest BCUT2D eigenvalue weighted by atomic mass is 10.1. The van der Waals surface area contributed by atoms with Crippen LogP contribution in [0.25, 0.3) is 0 Å². The van der Waals surface area contributed by atoms with Crippen LogP contribution in [-0.2, 0) is 0 Å². The van der Waals surface area contributed by atoms with E-state index >= 15 is 0 Å². The van der Waals surface area contributed by atoms with Crippen LogP contribution < -0.4 is 5.73 Å². The first-order chi connectivity index (χ1) is 9.04. The van der Waals surface area contributed by atoms with E-state index in [9.17, 15) is 0 Å². The lowest BCUT2D eigenvalue weighted by Gasteiger charge is -2.42. The van der Waals surface area contributed by atoms with Crippen LogP contribution in [0.5, 0.6) is 0 Å². The maximum Gasteiger partial charge on any atom is 0.0538 e. The van der Waals surface area contributed by atoms with Crippen LogP contribution in [0.3, 0.4) is 0 Å². The Balaban J connectivity index is 2.18. The molecule has 3 unspecified atom stereocenters. The quantitative estimate of drug-likeness (QED) is 0.920. The van der Waals surface area contributed by atoms with Crippen LogP contribution in [-0.4, -0.2) is 44.8 Å². The number of hydrogen-bond donors (Lipinski definition) is 1. The summed E-state index contributed by atoms with van der Waals surface area (Å²) >= 11 is 2.06. The highest BCUT2D eigenvalue weighted by atomic mass is 32.2. The van der Waals surface area contributed by atoms with Crippen molar-refractivity contribution in [2.75, 3.05) is 18.8 Å². The van der Waals surface area contributed by atoms with Gasteiger partial charge >= 0.3 is 0 Å². The van der Waals surface area contributed by atoms with Gasteiger partial charge in [-0.05, 0) is 20.8 Å². The van der Waals surface area contributed by atoms with Gasteiger partial charge in [-0.15, -0.1) is 0 Å². The number of aromatic nitrogens is 2. The summed E-state index contributed by atoms with van der Waals surface area (Å²) in [5.41, 5.74) is 7.30. The number of hydrogen-bond acceptors (Lipinski definition) is 4. The van der Waals surface area contributed by atoms with Gasteiger partial charge in [0.2, 0.25) is 0 Å². The Hall–Kier alpha value is -0.520. The maximum absolute atomic E-state index is 6.04. The zero-order valence-corrected chi connectivity index (χ0v) is 13.2. The minimum absolute atomic E-state index is 0.297. The van der Waals surface area contributed by atoms with Crippen LogP contribution in [0.4, 0.5) is 0 Å². The van der Waals surface area contributed by atoms with Crippen molar-refractivity contribution in [1.82, 2.24) is 14.7 Å². The molecule has 19 heavy (non-hydrogen) atoms. The Morgan fingerprint density at radius 3 is 2.79 bits per heavy atom. The molecule has 1 aliphatic heterocycles. The van der Waals surface area contributed by atoms with Crippen molar-refractivity contribution in [3.05, 3.63) is 18.0 Å². The molecule has 2 rings (SSSR count). The average molecular weight is 282 g/mol. The summed E-state index contributed by atoms with van der Waals surface area (Å²) in [5, 5.41) is 5.12. The standard InChI is InChI=1S/C14H26N4S/c1-10(2)18-9-13(8-16-18)14(7-15)17-5-6-19-12(4)11(17)3/h8-12,14H,5-7,15H2,1-4H3. The van der Waals surface area contributed by atoms with Gasteiger partial charge in [0.1, 0.15) is 0 Å². The highest BCUT2D eigenvalue weighted by Gasteiger charge is 2.31. The third-order valence-electron chi connectivity index (χ3n) is 4.09. The smallest absolute Gasteiger partial charge is 0.0538 e. The molecule has 0 aromatic carbocycles. The van der Waals surface area contributed by atoms with Crippen LogP contribution in [0, 0.1) is 0 Å². The van der Waals surface area contributed by atoms with Gasteiger partial charge in [-0.2, -0.15) is 16.9 Å². The van der Waals surface area contributed by atoms with Crippen molar-refractivity contribution in [2.24, 2.45) is 5.73 Å². The van der Waals surface area contributed by atoms with Gasteiger partial charge in [-0.25, -0.2) is 0 Å². The Morgan fingerprint density at radius 1 is 1.47 bits per heavy atom. The van der Waals surface area contributed by atoms with Gasteiger partial charge in [0.15, 0.2) is 0 Å². The Labute approximate surface area is 120 Å². The molecule has 5 heteroatoms.